The third-order valence-corrected chi connectivity index (χ3v) is 5.04. The summed E-state index contributed by atoms with van der Waals surface area (Å²) in [5, 5.41) is 23.5. The first-order valence-corrected chi connectivity index (χ1v) is 9.35. The number of hydrogen-bond donors (Lipinski definition) is 2. The van der Waals surface area contributed by atoms with E-state index in [4.69, 9.17) is 0 Å². The third kappa shape index (κ3) is 3.46. The molecule has 2 heterocycles. The highest BCUT2D eigenvalue weighted by Gasteiger charge is 2.16. The molecular formula is C20H16BrN5O2. The number of halogens is 1. The van der Waals surface area contributed by atoms with Crippen LogP contribution >= 0.6 is 15.9 Å². The predicted molar refractivity (Wildman–Crippen MR) is 108 cm³/mol. The number of benzene rings is 2. The maximum absolute atomic E-state index is 11.3. The number of nitrogens with zero attached hydrogens (tertiary/aromatic N) is 4. The smallest absolute Gasteiger partial charge is 0.335 e. The lowest BCUT2D eigenvalue weighted by Gasteiger charge is -2.16. The molecule has 0 fully saturated rings. The first kappa shape index (κ1) is 18.1. The van der Waals surface area contributed by atoms with Crippen LogP contribution in [0, 0.1) is 6.92 Å². The molecule has 0 spiro atoms. The van der Waals surface area contributed by atoms with Crippen molar-refractivity contribution >= 4 is 21.9 Å². The van der Waals surface area contributed by atoms with Gasteiger partial charge in [-0.05, 0) is 60.5 Å². The average Bonchev–Trinajstić information content (AvgIpc) is 3.33. The molecule has 28 heavy (non-hydrogen) atoms. The maximum Gasteiger partial charge on any atom is 0.335 e. The summed E-state index contributed by atoms with van der Waals surface area (Å²) >= 11 is 3.47. The number of carboxylic acids is 1. The van der Waals surface area contributed by atoms with Gasteiger partial charge in [0.15, 0.2) is 5.82 Å². The molecule has 0 aliphatic heterocycles. The molecule has 2 N–H and O–H groups in total. The standard InChI is InChI=1S/C20H16BrN5O2/c1-12-10-14(20(27)28)4-8-17(12)26-16(11-19-22-24-25-23-19)7-9-18(26)13-2-5-15(21)6-3-13/h2-10H,11H2,1H3,(H,27,28)(H,22,23,24,25). The van der Waals surface area contributed by atoms with Gasteiger partial charge in [-0.2, -0.15) is 5.21 Å². The number of aromatic nitrogens is 5. The summed E-state index contributed by atoms with van der Waals surface area (Å²) in [5.41, 5.74) is 5.06. The second-order valence-electron chi connectivity index (χ2n) is 6.36. The van der Waals surface area contributed by atoms with Crippen molar-refractivity contribution < 1.29 is 9.90 Å². The molecule has 2 aromatic carbocycles. The van der Waals surface area contributed by atoms with Gasteiger partial charge in [-0.25, -0.2) is 4.79 Å². The normalized spacial score (nSPS) is 10.9. The van der Waals surface area contributed by atoms with Crippen LogP contribution in [-0.4, -0.2) is 36.3 Å². The van der Waals surface area contributed by atoms with Crippen molar-refractivity contribution in [1.82, 2.24) is 25.2 Å². The fraction of sp³-hybridized carbons (Fsp3) is 0.100. The lowest BCUT2D eigenvalue weighted by atomic mass is 10.1. The van der Waals surface area contributed by atoms with Crippen LogP contribution in [0.1, 0.15) is 27.4 Å². The van der Waals surface area contributed by atoms with Gasteiger partial charge < -0.3 is 9.67 Å². The number of aryl methyl sites for hydroxylation is 1. The zero-order valence-corrected chi connectivity index (χ0v) is 16.5. The van der Waals surface area contributed by atoms with E-state index in [9.17, 15) is 9.90 Å². The highest BCUT2D eigenvalue weighted by atomic mass is 79.9. The van der Waals surface area contributed by atoms with Crippen LogP contribution in [0.5, 0.6) is 0 Å². The van der Waals surface area contributed by atoms with Crippen LogP contribution in [0.2, 0.25) is 0 Å². The first-order chi connectivity index (χ1) is 13.5. The van der Waals surface area contributed by atoms with E-state index in [1.807, 2.05) is 49.4 Å². The molecule has 4 rings (SSSR count). The Morgan fingerprint density at radius 1 is 1.14 bits per heavy atom. The van der Waals surface area contributed by atoms with Crippen molar-refractivity contribution in [2.75, 3.05) is 0 Å². The fourth-order valence-corrected chi connectivity index (χ4v) is 3.47. The summed E-state index contributed by atoms with van der Waals surface area (Å²) < 4.78 is 3.11. The van der Waals surface area contributed by atoms with Crippen molar-refractivity contribution in [2.45, 2.75) is 13.3 Å². The molecule has 0 aliphatic carbocycles. The molecule has 4 aromatic rings. The Balaban J connectivity index is 1.88. The number of rotatable bonds is 5. The molecule has 0 bridgehead atoms. The molecule has 2 aromatic heterocycles. The van der Waals surface area contributed by atoms with Gasteiger partial charge in [0, 0.05) is 15.9 Å². The topological polar surface area (TPSA) is 96.7 Å². The highest BCUT2D eigenvalue weighted by molar-refractivity contribution is 9.10. The lowest BCUT2D eigenvalue weighted by Crippen LogP contribution is -2.07. The molecule has 140 valence electrons. The number of carbonyl (C=O) groups is 1. The summed E-state index contributed by atoms with van der Waals surface area (Å²) in [6.45, 7) is 1.91. The monoisotopic (exact) mass is 437 g/mol. The number of aromatic amines is 1. The quantitative estimate of drug-likeness (QED) is 0.491. The van der Waals surface area contributed by atoms with Gasteiger partial charge in [-0.15, -0.1) is 10.2 Å². The molecule has 0 saturated carbocycles. The Morgan fingerprint density at radius 3 is 2.57 bits per heavy atom. The number of hydrogen-bond acceptors (Lipinski definition) is 4. The second kappa shape index (κ2) is 7.40. The van der Waals surface area contributed by atoms with Crippen LogP contribution in [-0.2, 0) is 6.42 Å². The predicted octanol–water partition coefficient (Wildman–Crippen LogP) is 4.02. The van der Waals surface area contributed by atoms with E-state index in [-0.39, 0.29) is 5.56 Å². The van der Waals surface area contributed by atoms with Gasteiger partial charge in [-0.3, -0.25) is 0 Å². The zero-order valence-electron chi connectivity index (χ0n) is 14.9. The van der Waals surface area contributed by atoms with E-state index in [0.717, 1.165) is 32.7 Å². The van der Waals surface area contributed by atoms with Crippen molar-refractivity contribution in [2.24, 2.45) is 0 Å². The Morgan fingerprint density at radius 2 is 1.93 bits per heavy atom. The minimum Gasteiger partial charge on any atom is -0.478 e. The summed E-state index contributed by atoms with van der Waals surface area (Å²) in [4.78, 5) is 11.3. The van der Waals surface area contributed by atoms with Crippen molar-refractivity contribution in [1.29, 1.82) is 0 Å². The number of tetrazole rings is 1. The summed E-state index contributed by atoms with van der Waals surface area (Å²) in [6.07, 6.45) is 0.493. The van der Waals surface area contributed by atoms with E-state index in [2.05, 4.69) is 41.1 Å². The van der Waals surface area contributed by atoms with Gasteiger partial charge in [-0.1, -0.05) is 33.3 Å². The van der Waals surface area contributed by atoms with E-state index >= 15 is 0 Å². The Bertz CT molecular complexity index is 1130. The van der Waals surface area contributed by atoms with Gasteiger partial charge >= 0.3 is 5.97 Å². The van der Waals surface area contributed by atoms with Crippen LogP contribution < -0.4 is 0 Å². The molecule has 0 unspecified atom stereocenters. The lowest BCUT2D eigenvalue weighted by molar-refractivity contribution is 0.0697. The second-order valence-corrected chi connectivity index (χ2v) is 7.28. The molecule has 0 saturated heterocycles. The summed E-state index contributed by atoms with van der Waals surface area (Å²) in [5.74, 6) is -0.358. The Hall–Kier alpha value is -3.26. The SMILES string of the molecule is Cc1cc(C(=O)O)ccc1-n1c(Cc2nn[nH]n2)ccc1-c1ccc(Br)cc1. The molecule has 0 radical (unpaired) electrons. The maximum atomic E-state index is 11.3. The first-order valence-electron chi connectivity index (χ1n) is 8.56. The minimum absolute atomic E-state index is 0.262. The van der Waals surface area contributed by atoms with E-state index in [1.54, 1.807) is 12.1 Å². The van der Waals surface area contributed by atoms with Crippen molar-refractivity contribution in [3.05, 3.63) is 81.7 Å². The van der Waals surface area contributed by atoms with Crippen LogP contribution in [0.3, 0.4) is 0 Å². The molecule has 0 atom stereocenters. The average molecular weight is 438 g/mol. The summed E-state index contributed by atoms with van der Waals surface area (Å²) in [6, 6.07) is 17.3. The van der Waals surface area contributed by atoms with Crippen LogP contribution in [0.15, 0.2) is 59.1 Å². The largest absolute Gasteiger partial charge is 0.478 e. The number of aromatic carboxylic acids is 1. The van der Waals surface area contributed by atoms with Crippen molar-refractivity contribution in [3.8, 4) is 16.9 Å². The van der Waals surface area contributed by atoms with Gasteiger partial charge in [0.2, 0.25) is 0 Å². The number of H-pyrrole nitrogens is 1. The highest BCUT2D eigenvalue weighted by Crippen LogP contribution is 2.30. The number of carboxylic acid groups (broad SMARTS) is 1. The fourth-order valence-electron chi connectivity index (χ4n) is 3.21. The van der Waals surface area contributed by atoms with E-state index < -0.39 is 5.97 Å². The summed E-state index contributed by atoms with van der Waals surface area (Å²) in [7, 11) is 0. The zero-order chi connectivity index (χ0) is 19.7. The van der Waals surface area contributed by atoms with Gasteiger partial charge in [0.05, 0.1) is 17.7 Å². The Labute approximate surface area is 169 Å². The molecule has 0 aliphatic rings. The molecule has 8 heteroatoms. The van der Waals surface area contributed by atoms with Gasteiger partial charge in [0.1, 0.15) is 0 Å². The molecular weight excluding hydrogens is 422 g/mol. The van der Waals surface area contributed by atoms with Crippen molar-refractivity contribution in [3.63, 3.8) is 0 Å². The molecule has 0 amide bonds. The Kier molecular flexibility index (Phi) is 4.79. The van der Waals surface area contributed by atoms with E-state index in [1.165, 1.54) is 0 Å². The minimum atomic E-state index is -0.942. The third-order valence-electron chi connectivity index (χ3n) is 4.51. The number of nitrogens with one attached hydrogen (secondary N) is 1. The van der Waals surface area contributed by atoms with Crippen LogP contribution in [0.4, 0.5) is 0 Å². The van der Waals surface area contributed by atoms with E-state index in [0.29, 0.717) is 12.2 Å². The molecule has 7 nitrogen and oxygen atoms in total. The van der Waals surface area contributed by atoms with Crippen LogP contribution in [0.25, 0.3) is 16.9 Å². The van der Waals surface area contributed by atoms with Gasteiger partial charge in [0.25, 0.3) is 0 Å².